The van der Waals surface area contributed by atoms with E-state index in [0.717, 1.165) is 19.6 Å². The molecule has 2 atom stereocenters. The highest BCUT2D eigenvalue weighted by Gasteiger charge is 2.27. The molecule has 3 nitrogen and oxygen atoms in total. The molecule has 0 aliphatic carbocycles. The molecule has 1 saturated heterocycles. The number of ether oxygens (including phenoxy) is 1. The molecule has 19 heavy (non-hydrogen) atoms. The lowest BCUT2D eigenvalue weighted by Gasteiger charge is -2.31. The minimum Gasteiger partial charge on any atom is -0.390 e. The van der Waals surface area contributed by atoms with Gasteiger partial charge in [-0.05, 0) is 32.8 Å². The van der Waals surface area contributed by atoms with Gasteiger partial charge in [-0.1, -0.05) is 29.3 Å². The van der Waals surface area contributed by atoms with Gasteiger partial charge in [0, 0.05) is 19.0 Å². The third-order valence-electron chi connectivity index (χ3n) is 3.55. The van der Waals surface area contributed by atoms with Crippen molar-refractivity contribution in [1.82, 2.24) is 5.32 Å². The average Bonchev–Trinajstić information content (AvgIpc) is 2.27. The van der Waals surface area contributed by atoms with Crippen molar-refractivity contribution < 1.29 is 9.84 Å². The Labute approximate surface area is 116 Å². The first-order valence-corrected chi connectivity index (χ1v) is 7.05. The van der Waals surface area contributed by atoms with E-state index < -0.39 is 5.60 Å². The van der Waals surface area contributed by atoms with Crippen LogP contribution in [0.3, 0.4) is 0 Å². The summed E-state index contributed by atoms with van der Waals surface area (Å²) in [5.74, 6) is 0. The molecule has 0 amide bonds. The molecule has 1 aliphatic heterocycles. The van der Waals surface area contributed by atoms with Crippen molar-refractivity contribution >= 4 is 0 Å². The summed E-state index contributed by atoms with van der Waals surface area (Å²) in [4.78, 5) is 0. The van der Waals surface area contributed by atoms with E-state index in [2.05, 4.69) is 37.4 Å². The molecule has 1 fully saturated rings. The second-order valence-electron chi connectivity index (χ2n) is 6.10. The zero-order valence-corrected chi connectivity index (χ0v) is 12.2. The predicted octanol–water partition coefficient (Wildman–Crippen LogP) is 1.98. The number of nitrogens with one attached hydrogen (secondary N) is 1. The maximum atomic E-state index is 10.6. The van der Waals surface area contributed by atoms with Crippen LogP contribution in [0.4, 0.5) is 0 Å². The number of benzene rings is 1. The summed E-state index contributed by atoms with van der Waals surface area (Å²) in [6, 6.07) is 6.74. The minimum atomic E-state index is -0.696. The van der Waals surface area contributed by atoms with Crippen molar-refractivity contribution in [2.24, 2.45) is 0 Å². The third-order valence-corrected chi connectivity index (χ3v) is 3.55. The fourth-order valence-corrected chi connectivity index (χ4v) is 2.96. The van der Waals surface area contributed by atoms with Gasteiger partial charge in [-0.2, -0.15) is 0 Å². The normalized spacial score (nSPS) is 23.1. The molecule has 0 spiro atoms. The zero-order valence-electron chi connectivity index (χ0n) is 12.2. The molecule has 0 aromatic heterocycles. The Morgan fingerprint density at radius 3 is 2.58 bits per heavy atom. The molecule has 2 unspecified atom stereocenters. The highest BCUT2D eigenvalue weighted by Crippen LogP contribution is 2.21. The summed E-state index contributed by atoms with van der Waals surface area (Å²) in [5.41, 5.74) is 3.02. The summed E-state index contributed by atoms with van der Waals surface area (Å²) in [6.07, 6.45) is 1.41. The van der Waals surface area contributed by atoms with Crippen molar-refractivity contribution in [2.45, 2.75) is 45.3 Å². The van der Waals surface area contributed by atoms with E-state index in [1.807, 2.05) is 6.92 Å². The molecule has 0 radical (unpaired) electrons. The predicted molar refractivity (Wildman–Crippen MR) is 77.5 cm³/mol. The van der Waals surface area contributed by atoms with E-state index in [9.17, 15) is 5.11 Å². The van der Waals surface area contributed by atoms with Gasteiger partial charge in [0.05, 0.1) is 18.8 Å². The van der Waals surface area contributed by atoms with Gasteiger partial charge in [-0.25, -0.2) is 0 Å². The van der Waals surface area contributed by atoms with Gasteiger partial charge in [0.1, 0.15) is 0 Å². The lowest BCUT2D eigenvalue weighted by Crippen LogP contribution is -2.46. The van der Waals surface area contributed by atoms with Gasteiger partial charge < -0.3 is 15.2 Å². The SMILES string of the molecule is Cc1cc(C)cc(CC(C)(O)CC2COCCN2)c1. The first kappa shape index (κ1) is 14.5. The average molecular weight is 263 g/mol. The van der Waals surface area contributed by atoms with Gasteiger partial charge in [0.25, 0.3) is 0 Å². The maximum absolute atomic E-state index is 10.6. The van der Waals surface area contributed by atoms with Crippen LogP contribution < -0.4 is 5.32 Å². The number of hydrogen-bond acceptors (Lipinski definition) is 3. The quantitative estimate of drug-likeness (QED) is 0.873. The second kappa shape index (κ2) is 6.04. The number of morpholine rings is 1. The number of rotatable bonds is 4. The van der Waals surface area contributed by atoms with Crippen LogP contribution in [0.5, 0.6) is 0 Å². The summed E-state index contributed by atoms with van der Waals surface area (Å²) >= 11 is 0. The van der Waals surface area contributed by atoms with E-state index in [0.29, 0.717) is 13.0 Å². The smallest absolute Gasteiger partial charge is 0.0675 e. The summed E-state index contributed by atoms with van der Waals surface area (Å²) in [5, 5.41) is 14.0. The van der Waals surface area contributed by atoms with E-state index in [-0.39, 0.29) is 6.04 Å². The van der Waals surface area contributed by atoms with Gasteiger partial charge in [0.2, 0.25) is 0 Å². The van der Waals surface area contributed by atoms with Crippen molar-refractivity contribution in [2.75, 3.05) is 19.8 Å². The maximum Gasteiger partial charge on any atom is 0.0675 e. The van der Waals surface area contributed by atoms with Gasteiger partial charge in [-0.15, -0.1) is 0 Å². The standard InChI is InChI=1S/C16H25NO2/c1-12-6-13(2)8-14(7-12)9-16(3,18)10-15-11-19-5-4-17-15/h6-8,15,17-18H,4-5,9-11H2,1-3H3. The van der Waals surface area contributed by atoms with Gasteiger partial charge in [0.15, 0.2) is 0 Å². The third kappa shape index (κ3) is 4.60. The van der Waals surface area contributed by atoms with Crippen LogP contribution in [0.1, 0.15) is 30.0 Å². The fraction of sp³-hybridized carbons (Fsp3) is 0.625. The number of aryl methyl sites for hydroxylation is 2. The molecular formula is C16H25NO2. The minimum absolute atomic E-state index is 0.259. The molecule has 1 aliphatic rings. The van der Waals surface area contributed by atoms with Crippen LogP contribution in [0.15, 0.2) is 18.2 Å². The summed E-state index contributed by atoms with van der Waals surface area (Å²) in [7, 11) is 0. The number of aliphatic hydroxyl groups is 1. The monoisotopic (exact) mass is 263 g/mol. The highest BCUT2D eigenvalue weighted by molar-refractivity contribution is 5.29. The molecule has 2 N–H and O–H groups in total. The molecule has 3 heteroatoms. The van der Waals surface area contributed by atoms with E-state index in [1.165, 1.54) is 16.7 Å². The van der Waals surface area contributed by atoms with Crippen LogP contribution >= 0.6 is 0 Å². The Morgan fingerprint density at radius 1 is 1.32 bits per heavy atom. The molecule has 2 rings (SSSR count). The zero-order chi connectivity index (χ0) is 13.9. The Morgan fingerprint density at radius 2 is 2.00 bits per heavy atom. The highest BCUT2D eigenvalue weighted by atomic mass is 16.5. The molecule has 0 bridgehead atoms. The molecule has 1 aromatic rings. The van der Waals surface area contributed by atoms with Crippen molar-refractivity contribution in [3.8, 4) is 0 Å². The molecule has 0 saturated carbocycles. The Hall–Kier alpha value is -0.900. The summed E-state index contributed by atoms with van der Waals surface area (Å²) < 4.78 is 5.44. The van der Waals surface area contributed by atoms with E-state index >= 15 is 0 Å². The van der Waals surface area contributed by atoms with Crippen molar-refractivity contribution in [3.05, 3.63) is 34.9 Å². The lowest BCUT2D eigenvalue weighted by atomic mass is 9.88. The largest absolute Gasteiger partial charge is 0.390 e. The lowest BCUT2D eigenvalue weighted by molar-refractivity contribution is 0.00650. The first-order valence-electron chi connectivity index (χ1n) is 7.05. The van der Waals surface area contributed by atoms with Crippen molar-refractivity contribution in [3.63, 3.8) is 0 Å². The molecular weight excluding hydrogens is 238 g/mol. The molecule has 1 heterocycles. The van der Waals surface area contributed by atoms with Gasteiger partial charge >= 0.3 is 0 Å². The Kier molecular flexibility index (Phi) is 4.61. The number of hydrogen-bond donors (Lipinski definition) is 2. The van der Waals surface area contributed by atoms with Crippen LogP contribution in [0, 0.1) is 13.8 Å². The van der Waals surface area contributed by atoms with Crippen LogP contribution in [0.2, 0.25) is 0 Å². The first-order chi connectivity index (χ1) is 8.94. The fourth-order valence-electron chi connectivity index (χ4n) is 2.96. The Bertz CT molecular complexity index is 403. The topological polar surface area (TPSA) is 41.5 Å². The molecule has 1 aromatic carbocycles. The molecule has 106 valence electrons. The van der Waals surface area contributed by atoms with E-state index in [4.69, 9.17) is 4.74 Å². The van der Waals surface area contributed by atoms with E-state index in [1.54, 1.807) is 0 Å². The van der Waals surface area contributed by atoms with Crippen LogP contribution in [-0.4, -0.2) is 36.5 Å². The summed E-state index contributed by atoms with van der Waals surface area (Å²) in [6.45, 7) is 8.47. The van der Waals surface area contributed by atoms with Crippen LogP contribution in [-0.2, 0) is 11.2 Å². The Balaban J connectivity index is 1.98. The van der Waals surface area contributed by atoms with Crippen LogP contribution in [0.25, 0.3) is 0 Å². The van der Waals surface area contributed by atoms with Crippen molar-refractivity contribution in [1.29, 1.82) is 0 Å². The van der Waals surface area contributed by atoms with Gasteiger partial charge in [-0.3, -0.25) is 0 Å². The second-order valence-corrected chi connectivity index (χ2v) is 6.10.